The van der Waals surface area contributed by atoms with Crippen LogP contribution in [0.3, 0.4) is 0 Å². The zero-order chi connectivity index (χ0) is 20.1. The van der Waals surface area contributed by atoms with Crippen molar-refractivity contribution in [2.24, 2.45) is 0 Å². The molecule has 0 unspecified atom stereocenters. The zero-order valence-corrected chi connectivity index (χ0v) is 17.1. The molecule has 1 aliphatic heterocycles. The van der Waals surface area contributed by atoms with Crippen molar-refractivity contribution < 1.29 is 19.1 Å². The van der Waals surface area contributed by atoms with Gasteiger partial charge in [0.2, 0.25) is 0 Å². The number of carbonyl (C=O) groups excluding carboxylic acids is 2. The van der Waals surface area contributed by atoms with E-state index in [0.717, 1.165) is 11.1 Å². The van der Waals surface area contributed by atoms with Gasteiger partial charge in [-0.05, 0) is 36.8 Å². The van der Waals surface area contributed by atoms with Crippen molar-refractivity contribution in [2.75, 3.05) is 13.7 Å². The first-order valence-electron chi connectivity index (χ1n) is 8.68. The molecule has 1 aliphatic rings. The summed E-state index contributed by atoms with van der Waals surface area (Å²) in [6.45, 7) is 2.79. The largest absolute Gasteiger partial charge is 0.488 e. The predicted octanol–water partition coefficient (Wildman–Crippen LogP) is 4.27. The van der Waals surface area contributed by atoms with E-state index in [1.165, 1.54) is 18.9 Å². The highest BCUT2D eigenvalue weighted by atomic mass is 32.2. The minimum atomic E-state index is -0.373. The van der Waals surface area contributed by atoms with Gasteiger partial charge in [-0.1, -0.05) is 54.3 Å². The average Bonchev–Trinajstić information content (AvgIpc) is 2.99. The molecule has 0 spiro atoms. The van der Waals surface area contributed by atoms with Crippen molar-refractivity contribution in [2.45, 2.75) is 13.5 Å². The maximum atomic E-state index is 12.4. The molecular formula is C21H19NO4S2. The third-order valence-corrected chi connectivity index (χ3v) is 5.54. The van der Waals surface area contributed by atoms with Crippen LogP contribution in [-0.2, 0) is 16.1 Å². The number of nitrogens with zero attached hydrogens (tertiary/aromatic N) is 1. The molecule has 0 N–H and O–H groups in total. The van der Waals surface area contributed by atoms with Crippen LogP contribution in [0.5, 0.6) is 5.75 Å². The molecular weight excluding hydrogens is 394 g/mol. The van der Waals surface area contributed by atoms with Crippen LogP contribution >= 0.6 is 24.0 Å². The third kappa shape index (κ3) is 4.43. The Kier molecular flexibility index (Phi) is 6.49. The van der Waals surface area contributed by atoms with Crippen LogP contribution in [0.4, 0.5) is 0 Å². The molecule has 0 aromatic heterocycles. The van der Waals surface area contributed by atoms with Gasteiger partial charge in [0.25, 0.3) is 5.91 Å². The molecule has 0 aliphatic carbocycles. The fourth-order valence-corrected chi connectivity index (χ4v) is 4.04. The Balaban J connectivity index is 1.74. The van der Waals surface area contributed by atoms with Crippen LogP contribution in [0.25, 0.3) is 6.08 Å². The number of hydrogen-bond donors (Lipinski definition) is 0. The van der Waals surface area contributed by atoms with E-state index in [4.69, 9.17) is 21.7 Å². The summed E-state index contributed by atoms with van der Waals surface area (Å²) >= 11 is 6.56. The molecule has 1 heterocycles. The first-order chi connectivity index (χ1) is 13.5. The minimum Gasteiger partial charge on any atom is -0.488 e. The van der Waals surface area contributed by atoms with Gasteiger partial charge in [0, 0.05) is 12.1 Å². The van der Waals surface area contributed by atoms with Crippen LogP contribution in [0, 0.1) is 0 Å². The summed E-state index contributed by atoms with van der Waals surface area (Å²) in [5, 5.41) is 0. The van der Waals surface area contributed by atoms with E-state index >= 15 is 0 Å². The Morgan fingerprint density at radius 2 is 1.89 bits per heavy atom. The summed E-state index contributed by atoms with van der Waals surface area (Å²) < 4.78 is 11.2. The van der Waals surface area contributed by atoms with E-state index in [-0.39, 0.29) is 11.9 Å². The lowest BCUT2D eigenvalue weighted by molar-refractivity contribution is -0.121. The molecule has 0 radical (unpaired) electrons. The Morgan fingerprint density at radius 3 is 2.54 bits per heavy atom. The molecule has 0 saturated carbocycles. The van der Waals surface area contributed by atoms with Gasteiger partial charge in [-0.15, -0.1) is 0 Å². The third-order valence-electron chi connectivity index (χ3n) is 4.16. The molecule has 1 amide bonds. The molecule has 1 fully saturated rings. The monoisotopic (exact) mass is 413 g/mol. The van der Waals surface area contributed by atoms with Crippen molar-refractivity contribution in [3.8, 4) is 5.75 Å². The van der Waals surface area contributed by atoms with Crippen LogP contribution in [-0.4, -0.2) is 34.8 Å². The zero-order valence-electron chi connectivity index (χ0n) is 15.5. The van der Waals surface area contributed by atoms with E-state index in [9.17, 15) is 9.59 Å². The van der Waals surface area contributed by atoms with E-state index < -0.39 is 0 Å². The number of rotatable bonds is 6. The average molecular weight is 414 g/mol. The topological polar surface area (TPSA) is 55.8 Å². The highest BCUT2D eigenvalue weighted by Crippen LogP contribution is 2.34. The lowest BCUT2D eigenvalue weighted by Crippen LogP contribution is -2.27. The summed E-state index contributed by atoms with van der Waals surface area (Å²) in [6, 6.07) is 14.6. The number of ether oxygens (including phenoxy) is 2. The van der Waals surface area contributed by atoms with Gasteiger partial charge in [-0.3, -0.25) is 9.69 Å². The van der Waals surface area contributed by atoms with Gasteiger partial charge in [-0.2, -0.15) is 0 Å². The second-order valence-electron chi connectivity index (χ2n) is 5.94. The molecule has 144 valence electrons. The van der Waals surface area contributed by atoms with Crippen LogP contribution in [0.2, 0.25) is 0 Å². The molecule has 28 heavy (non-hydrogen) atoms. The highest BCUT2D eigenvalue weighted by Gasteiger charge is 2.30. The number of methoxy groups -OCH3 is 1. The molecule has 3 rings (SSSR count). The standard InChI is InChI=1S/C21H19NO4S2/c1-3-22-19(23)18(28-21(22)27)12-16-6-4-5-7-17(16)26-13-14-8-10-15(11-9-14)20(24)25-2/h4-12H,3,13H2,1-2H3/b18-12+. The van der Waals surface area contributed by atoms with E-state index in [1.807, 2.05) is 49.4 Å². The molecule has 1 saturated heterocycles. The fraction of sp³-hybridized carbons (Fsp3) is 0.190. The molecule has 0 bridgehead atoms. The number of amides is 1. The Bertz CT molecular complexity index is 938. The number of para-hydroxylation sites is 1. The number of hydrogen-bond acceptors (Lipinski definition) is 6. The van der Waals surface area contributed by atoms with Crippen molar-refractivity contribution in [1.29, 1.82) is 0 Å². The number of likely N-dealkylation sites (N-methyl/N-ethyl adjacent to an activating group) is 1. The second kappa shape index (κ2) is 9.03. The fourth-order valence-electron chi connectivity index (χ4n) is 2.66. The molecule has 7 heteroatoms. The lowest BCUT2D eigenvalue weighted by Gasteiger charge is -2.11. The molecule has 2 aromatic rings. The predicted molar refractivity (Wildman–Crippen MR) is 114 cm³/mol. The Labute approximate surface area is 173 Å². The Morgan fingerprint density at radius 1 is 1.18 bits per heavy atom. The summed E-state index contributed by atoms with van der Waals surface area (Å²) in [5.74, 6) is 0.217. The maximum absolute atomic E-state index is 12.4. The molecule has 5 nitrogen and oxygen atoms in total. The van der Waals surface area contributed by atoms with Gasteiger partial charge in [-0.25, -0.2) is 4.79 Å². The van der Waals surface area contributed by atoms with Gasteiger partial charge in [0.1, 0.15) is 16.7 Å². The van der Waals surface area contributed by atoms with Crippen LogP contribution < -0.4 is 4.74 Å². The molecule has 0 atom stereocenters. The van der Waals surface area contributed by atoms with E-state index in [2.05, 4.69) is 0 Å². The van der Waals surface area contributed by atoms with Crippen molar-refractivity contribution in [1.82, 2.24) is 4.90 Å². The minimum absolute atomic E-state index is 0.0781. The smallest absolute Gasteiger partial charge is 0.337 e. The number of benzene rings is 2. The summed E-state index contributed by atoms with van der Waals surface area (Å²) in [5.41, 5.74) is 2.22. The van der Waals surface area contributed by atoms with Crippen LogP contribution in [0.1, 0.15) is 28.4 Å². The normalized spacial score (nSPS) is 15.2. The highest BCUT2D eigenvalue weighted by molar-refractivity contribution is 8.26. The summed E-state index contributed by atoms with van der Waals surface area (Å²) in [7, 11) is 1.35. The summed E-state index contributed by atoms with van der Waals surface area (Å²) in [6.07, 6.45) is 1.81. The molecule has 2 aromatic carbocycles. The number of carbonyl (C=O) groups is 2. The SMILES string of the molecule is CCN1C(=O)/C(=C\c2ccccc2OCc2ccc(C(=O)OC)cc2)SC1=S. The quantitative estimate of drug-likeness (QED) is 0.400. The van der Waals surface area contributed by atoms with Gasteiger partial charge in [0.15, 0.2) is 0 Å². The van der Waals surface area contributed by atoms with E-state index in [1.54, 1.807) is 17.0 Å². The Hall–Kier alpha value is -2.64. The maximum Gasteiger partial charge on any atom is 0.337 e. The number of esters is 1. The number of thioether (sulfide) groups is 1. The van der Waals surface area contributed by atoms with E-state index in [0.29, 0.717) is 33.7 Å². The second-order valence-corrected chi connectivity index (χ2v) is 7.62. The first-order valence-corrected chi connectivity index (χ1v) is 9.90. The van der Waals surface area contributed by atoms with Crippen LogP contribution in [0.15, 0.2) is 53.4 Å². The van der Waals surface area contributed by atoms with Gasteiger partial charge >= 0.3 is 5.97 Å². The van der Waals surface area contributed by atoms with Crippen molar-refractivity contribution in [3.63, 3.8) is 0 Å². The van der Waals surface area contributed by atoms with Gasteiger partial charge in [0.05, 0.1) is 17.6 Å². The van der Waals surface area contributed by atoms with Crippen molar-refractivity contribution >= 4 is 46.3 Å². The number of thiocarbonyl (C=S) groups is 1. The summed E-state index contributed by atoms with van der Waals surface area (Å²) in [4.78, 5) is 26.1. The first kappa shape index (κ1) is 20.1. The van der Waals surface area contributed by atoms with Crippen molar-refractivity contribution in [3.05, 3.63) is 70.1 Å². The van der Waals surface area contributed by atoms with Gasteiger partial charge < -0.3 is 9.47 Å². The lowest BCUT2D eigenvalue weighted by atomic mass is 10.1.